The number of hydrogen-bond donors (Lipinski definition) is 0. The van der Waals surface area contributed by atoms with Crippen LogP contribution in [0.1, 0.15) is 50.5 Å². The highest BCUT2D eigenvalue weighted by Crippen LogP contribution is 2.38. The smallest absolute Gasteiger partial charge is 0.305 e. The van der Waals surface area contributed by atoms with Gasteiger partial charge in [-0.05, 0) is 44.1 Å². The van der Waals surface area contributed by atoms with E-state index in [-0.39, 0.29) is 30.6 Å². The maximum absolute atomic E-state index is 13.4. The van der Waals surface area contributed by atoms with Crippen molar-refractivity contribution in [3.63, 3.8) is 0 Å². The number of ether oxygens (including phenoxy) is 1. The molecule has 28 heavy (non-hydrogen) atoms. The molecule has 2 saturated heterocycles. The van der Waals surface area contributed by atoms with Crippen LogP contribution in [0.2, 0.25) is 0 Å². The molecule has 1 spiro atoms. The van der Waals surface area contributed by atoms with Crippen molar-refractivity contribution in [1.82, 2.24) is 9.80 Å². The molecule has 1 atom stereocenters. The highest BCUT2D eigenvalue weighted by molar-refractivity contribution is 5.92. The third-order valence-electron chi connectivity index (χ3n) is 6.01. The number of hydrogen-bond acceptors (Lipinski definition) is 4. The van der Waals surface area contributed by atoms with E-state index in [4.69, 9.17) is 0 Å². The fourth-order valence-corrected chi connectivity index (χ4v) is 4.53. The first-order valence-corrected chi connectivity index (χ1v) is 10.3. The lowest BCUT2D eigenvalue weighted by Crippen LogP contribution is -2.61. The zero-order valence-corrected chi connectivity index (χ0v) is 16.7. The molecular weight excluding hydrogens is 356 g/mol. The van der Waals surface area contributed by atoms with Gasteiger partial charge in [-0.1, -0.05) is 30.3 Å². The van der Waals surface area contributed by atoms with Crippen LogP contribution in [0.25, 0.3) is 0 Å². The first-order valence-electron chi connectivity index (χ1n) is 10.3. The van der Waals surface area contributed by atoms with Crippen molar-refractivity contribution in [2.45, 2.75) is 56.9 Å². The summed E-state index contributed by atoms with van der Waals surface area (Å²) in [7, 11) is 1.35. The SMILES string of the molecule is COC(=O)CCCC(=O)N1CCCC12CCCN(CCc1ccccc1)C2=O. The van der Waals surface area contributed by atoms with Gasteiger partial charge < -0.3 is 14.5 Å². The minimum Gasteiger partial charge on any atom is -0.469 e. The van der Waals surface area contributed by atoms with Crippen LogP contribution >= 0.6 is 0 Å². The predicted octanol–water partition coefficient (Wildman–Crippen LogP) is 2.56. The fraction of sp³-hybridized carbons (Fsp3) is 0.591. The summed E-state index contributed by atoms with van der Waals surface area (Å²) in [5.74, 6) is -0.210. The van der Waals surface area contributed by atoms with Crippen LogP contribution in [0.15, 0.2) is 30.3 Å². The first kappa shape index (κ1) is 20.4. The van der Waals surface area contributed by atoms with E-state index in [0.29, 0.717) is 19.5 Å². The summed E-state index contributed by atoms with van der Waals surface area (Å²) >= 11 is 0. The molecule has 0 radical (unpaired) electrons. The van der Waals surface area contributed by atoms with E-state index < -0.39 is 5.54 Å². The van der Waals surface area contributed by atoms with E-state index >= 15 is 0 Å². The Labute approximate surface area is 166 Å². The average Bonchev–Trinajstić information content (AvgIpc) is 3.14. The van der Waals surface area contributed by atoms with Crippen LogP contribution in [0.5, 0.6) is 0 Å². The monoisotopic (exact) mass is 386 g/mol. The third kappa shape index (κ3) is 4.37. The standard InChI is InChI=1S/C22H30N2O4/c1-28-20(26)11-5-10-19(25)24-16-7-14-22(24)13-6-15-23(21(22)27)17-12-18-8-3-2-4-9-18/h2-4,8-9H,5-7,10-17H2,1H3. The maximum Gasteiger partial charge on any atom is 0.305 e. The largest absolute Gasteiger partial charge is 0.469 e. The number of carbonyl (C=O) groups is 3. The molecule has 1 unspecified atom stereocenters. The van der Waals surface area contributed by atoms with Crippen LogP contribution < -0.4 is 0 Å². The van der Waals surface area contributed by atoms with Crippen molar-refractivity contribution < 1.29 is 19.1 Å². The van der Waals surface area contributed by atoms with Gasteiger partial charge in [-0.3, -0.25) is 14.4 Å². The van der Waals surface area contributed by atoms with Gasteiger partial charge in [0.05, 0.1) is 7.11 Å². The number of esters is 1. The summed E-state index contributed by atoms with van der Waals surface area (Å²) in [6.07, 6.45) is 5.09. The van der Waals surface area contributed by atoms with E-state index in [9.17, 15) is 14.4 Å². The molecular formula is C22H30N2O4. The number of likely N-dealkylation sites (tertiary alicyclic amines) is 2. The topological polar surface area (TPSA) is 66.9 Å². The van der Waals surface area contributed by atoms with Gasteiger partial charge in [0.15, 0.2) is 0 Å². The maximum atomic E-state index is 13.4. The predicted molar refractivity (Wildman–Crippen MR) is 106 cm³/mol. The number of nitrogens with zero attached hydrogens (tertiary/aromatic N) is 2. The molecule has 1 aromatic rings. The average molecular weight is 386 g/mol. The second-order valence-electron chi connectivity index (χ2n) is 7.74. The number of rotatable bonds is 7. The molecule has 6 heteroatoms. The number of methoxy groups -OCH3 is 1. The Hall–Kier alpha value is -2.37. The van der Waals surface area contributed by atoms with Crippen molar-refractivity contribution >= 4 is 17.8 Å². The third-order valence-corrected chi connectivity index (χ3v) is 6.01. The normalized spacial score (nSPS) is 22.0. The molecule has 2 heterocycles. The molecule has 6 nitrogen and oxygen atoms in total. The van der Waals surface area contributed by atoms with Gasteiger partial charge in [0.25, 0.3) is 0 Å². The lowest BCUT2D eigenvalue weighted by atomic mass is 9.85. The quantitative estimate of drug-likeness (QED) is 0.676. The summed E-state index contributed by atoms with van der Waals surface area (Å²) in [4.78, 5) is 41.2. The van der Waals surface area contributed by atoms with Crippen molar-refractivity contribution in [2.24, 2.45) is 0 Å². The van der Waals surface area contributed by atoms with Crippen molar-refractivity contribution in [3.05, 3.63) is 35.9 Å². The van der Waals surface area contributed by atoms with Crippen LogP contribution in [0.4, 0.5) is 0 Å². The first-order chi connectivity index (χ1) is 13.6. The molecule has 2 aliphatic heterocycles. The Bertz CT molecular complexity index is 706. The molecule has 0 aromatic heterocycles. The number of carbonyl (C=O) groups excluding carboxylic acids is 3. The van der Waals surface area contributed by atoms with Gasteiger partial charge in [-0.2, -0.15) is 0 Å². The molecule has 0 aliphatic carbocycles. The van der Waals surface area contributed by atoms with Gasteiger partial charge in [-0.15, -0.1) is 0 Å². The Kier molecular flexibility index (Phi) is 6.70. The number of amides is 2. The lowest BCUT2D eigenvalue weighted by Gasteiger charge is -2.44. The number of piperidine rings is 1. The summed E-state index contributed by atoms with van der Waals surface area (Å²) in [5.41, 5.74) is 0.550. The Balaban J connectivity index is 1.62. The molecule has 0 bridgehead atoms. The van der Waals surface area contributed by atoms with E-state index in [1.165, 1.54) is 12.7 Å². The van der Waals surface area contributed by atoms with Crippen LogP contribution in [0, 0.1) is 0 Å². The highest BCUT2D eigenvalue weighted by Gasteiger charge is 2.52. The van der Waals surface area contributed by atoms with Crippen LogP contribution in [-0.2, 0) is 25.5 Å². The van der Waals surface area contributed by atoms with Crippen molar-refractivity contribution in [1.29, 1.82) is 0 Å². The molecule has 3 rings (SSSR count). The van der Waals surface area contributed by atoms with Gasteiger partial charge >= 0.3 is 5.97 Å². The van der Waals surface area contributed by atoms with Gasteiger partial charge in [0.1, 0.15) is 5.54 Å². The van der Waals surface area contributed by atoms with Crippen LogP contribution in [-0.4, -0.2) is 59.9 Å². The summed E-state index contributed by atoms with van der Waals surface area (Å²) < 4.78 is 4.64. The molecule has 0 saturated carbocycles. The second kappa shape index (κ2) is 9.22. The summed E-state index contributed by atoms with van der Waals surface area (Å²) in [6, 6.07) is 10.2. The second-order valence-corrected chi connectivity index (χ2v) is 7.74. The highest BCUT2D eigenvalue weighted by atomic mass is 16.5. The Morgan fingerprint density at radius 2 is 1.79 bits per heavy atom. The minimum absolute atomic E-state index is 0.0142. The molecule has 2 fully saturated rings. The molecule has 1 aromatic carbocycles. The molecule has 2 amide bonds. The molecule has 152 valence electrons. The van der Waals surface area contributed by atoms with E-state index in [1.54, 1.807) is 4.90 Å². The van der Waals surface area contributed by atoms with Gasteiger partial charge in [0.2, 0.25) is 11.8 Å². The van der Waals surface area contributed by atoms with E-state index in [0.717, 1.165) is 38.6 Å². The minimum atomic E-state index is -0.669. The summed E-state index contributed by atoms with van der Waals surface area (Å²) in [6.45, 7) is 2.09. The van der Waals surface area contributed by atoms with Crippen molar-refractivity contribution in [3.8, 4) is 0 Å². The van der Waals surface area contributed by atoms with Gasteiger partial charge in [0, 0.05) is 32.5 Å². The zero-order chi connectivity index (χ0) is 20.0. The van der Waals surface area contributed by atoms with Crippen LogP contribution in [0.3, 0.4) is 0 Å². The zero-order valence-electron chi connectivity index (χ0n) is 16.7. The molecule has 0 N–H and O–H groups in total. The summed E-state index contributed by atoms with van der Waals surface area (Å²) in [5, 5.41) is 0. The van der Waals surface area contributed by atoms with E-state index in [2.05, 4.69) is 16.9 Å². The Morgan fingerprint density at radius 3 is 2.50 bits per heavy atom. The van der Waals surface area contributed by atoms with Gasteiger partial charge in [-0.25, -0.2) is 0 Å². The fourth-order valence-electron chi connectivity index (χ4n) is 4.53. The lowest BCUT2D eigenvalue weighted by molar-refractivity contribution is -0.155. The Morgan fingerprint density at radius 1 is 1.07 bits per heavy atom. The van der Waals surface area contributed by atoms with Crippen molar-refractivity contribution in [2.75, 3.05) is 26.7 Å². The molecule has 2 aliphatic rings. The number of benzene rings is 1. The van der Waals surface area contributed by atoms with E-state index in [1.807, 2.05) is 23.1 Å².